The molecule has 4 heterocycles. The van der Waals surface area contributed by atoms with Crippen molar-refractivity contribution in [3.63, 3.8) is 0 Å². The number of nitrogens with zero attached hydrogens (tertiary/aromatic N) is 12. The van der Waals surface area contributed by atoms with Crippen LogP contribution in [-0.2, 0) is 58.9 Å². The van der Waals surface area contributed by atoms with Crippen LogP contribution in [0.15, 0.2) is 119 Å². The van der Waals surface area contributed by atoms with Crippen molar-refractivity contribution in [1.29, 1.82) is 0 Å². The van der Waals surface area contributed by atoms with Gasteiger partial charge in [0.05, 0.1) is 90.3 Å². The van der Waals surface area contributed by atoms with Crippen molar-refractivity contribution in [2.75, 3.05) is 19.6 Å². The summed E-state index contributed by atoms with van der Waals surface area (Å²) < 4.78 is 4.05. The van der Waals surface area contributed by atoms with Gasteiger partial charge in [-0.2, -0.15) is 0 Å². The van der Waals surface area contributed by atoms with Gasteiger partial charge < -0.3 is 20.4 Å². The Morgan fingerprint density at radius 1 is 0.348 bits per heavy atom. The molecule has 27 nitrogen and oxygen atoms in total. The molecule has 3 aromatic rings. The molecule has 27 heteroatoms. The van der Waals surface area contributed by atoms with Crippen LogP contribution in [0.1, 0.15) is 0 Å². The average Bonchev–Trinajstić information content (AvgIpc) is 3.28. The van der Waals surface area contributed by atoms with E-state index in [0.717, 1.165) is 4.90 Å². The first-order valence-corrected chi connectivity index (χ1v) is 19.9. The molecule has 0 aromatic carbocycles. The molecule has 0 aliphatic carbocycles. The van der Waals surface area contributed by atoms with Gasteiger partial charge in [0.1, 0.15) is 0 Å². The third kappa shape index (κ3) is 10.1. The number of urea groups is 2. The third-order valence-electron chi connectivity index (χ3n) is 9.93. The Hall–Kier alpha value is -7.75. The van der Waals surface area contributed by atoms with Crippen LogP contribution in [0.2, 0.25) is 0 Å². The minimum atomic E-state index is -2.01. The van der Waals surface area contributed by atoms with E-state index in [-0.39, 0.29) is 53.0 Å². The zero-order chi connectivity index (χ0) is 49.3. The number of aromatic nitrogens is 9. The number of aliphatic hydroxyl groups excluding tert-OH is 4. The van der Waals surface area contributed by atoms with Crippen LogP contribution in [0.25, 0.3) is 0 Å². The van der Waals surface area contributed by atoms with Crippen molar-refractivity contribution >= 4 is 12.1 Å². The standard InChI is InChI=1S/C39H50N12O15/c1-7-13-40-28(55)41(14-8-2)32(59)46(31(40)58)19-25(52)22-49-37(64)50(23-26(53)20-47-33(60)42(15-9-3)29(56)43(16-10-4)34(47)61)39(66)51(38(49)65)24-27(54)21-48-35(62)44(17-11-5)30(57)45(18-12-6)36(48)63/h7-12,25-27,31,52-54,58H,1-6,13-24H2. The topological polar surface area (TPSA) is 323 Å². The van der Waals surface area contributed by atoms with Crippen LogP contribution < -0.4 is 51.2 Å². The number of aliphatic hydroxyl groups is 4. The Morgan fingerprint density at radius 3 is 0.848 bits per heavy atom. The fourth-order valence-electron chi connectivity index (χ4n) is 6.95. The number of rotatable bonds is 24. The summed E-state index contributed by atoms with van der Waals surface area (Å²) in [5.41, 5.74) is -11.5. The van der Waals surface area contributed by atoms with Crippen molar-refractivity contribution in [2.45, 2.75) is 83.6 Å². The van der Waals surface area contributed by atoms with E-state index in [1.54, 1.807) is 0 Å². The highest BCUT2D eigenvalue weighted by molar-refractivity contribution is 5.96. The van der Waals surface area contributed by atoms with Gasteiger partial charge in [-0.1, -0.05) is 36.5 Å². The highest BCUT2D eigenvalue weighted by Crippen LogP contribution is 2.18. The lowest BCUT2D eigenvalue weighted by molar-refractivity contribution is -0.0994. The monoisotopic (exact) mass is 926 g/mol. The van der Waals surface area contributed by atoms with Crippen molar-refractivity contribution in [2.24, 2.45) is 0 Å². The first-order chi connectivity index (χ1) is 31.3. The second kappa shape index (κ2) is 21.8. The van der Waals surface area contributed by atoms with Crippen LogP contribution >= 0.6 is 0 Å². The van der Waals surface area contributed by atoms with Crippen LogP contribution in [0.4, 0.5) is 9.59 Å². The molecule has 356 valence electrons. The summed E-state index contributed by atoms with van der Waals surface area (Å²) in [7, 11) is 0. The quantitative estimate of drug-likeness (QED) is 0.0609. The Balaban J connectivity index is 1.86. The maximum Gasteiger partial charge on any atom is 0.336 e. The minimum Gasteiger partial charge on any atom is -0.389 e. The normalized spacial score (nSPS) is 15.3. The molecule has 4 amide bonds. The van der Waals surface area contributed by atoms with Crippen molar-refractivity contribution in [1.82, 2.24) is 55.8 Å². The highest BCUT2D eigenvalue weighted by Gasteiger charge is 2.43. The van der Waals surface area contributed by atoms with Gasteiger partial charge in [0.2, 0.25) is 6.35 Å². The molecule has 1 fully saturated rings. The van der Waals surface area contributed by atoms with Crippen molar-refractivity contribution < 1.29 is 30.0 Å². The lowest BCUT2D eigenvalue weighted by Gasteiger charge is -2.44. The summed E-state index contributed by atoms with van der Waals surface area (Å²) in [6.07, 6.45) is -0.812. The van der Waals surface area contributed by atoms with Crippen molar-refractivity contribution in [3.05, 3.63) is 170 Å². The van der Waals surface area contributed by atoms with E-state index in [0.29, 0.717) is 37.2 Å². The Kier molecular flexibility index (Phi) is 16.8. The summed E-state index contributed by atoms with van der Waals surface area (Å²) in [5.74, 6) is 0. The zero-order valence-electron chi connectivity index (χ0n) is 35.6. The summed E-state index contributed by atoms with van der Waals surface area (Å²) in [4.78, 5) is 149. The van der Waals surface area contributed by atoms with Gasteiger partial charge in [0, 0.05) is 6.54 Å². The Labute approximate surface area is 370 Å². The van der Waals surface area contributed by atoms with E-state index in [1.165, 1.54) is 36.5 Å². The number of hydrogen-bond donors (Lipinski definition) is 4. The van der Waals surface area contributed by atoms with E-state index in [9.17, 15) is 73.2 Å². The molecule has 1 saturated heterocycles. The molecule has 0 radical (unpaired) electrons. The smallest absolute Gasteiger partial charge is 0.336 e. The molecule has 0 spiro atoms. The molecular formula is C39H50N12O15. The van der Waals surface area contributed by atoms with Crippen LogP contribution in [0, 0.1) is 0 Å². The number of amides is 4. The molecule has 4 rings (SSSR count). The SMILES string of the molecule is C=CCN1C(=O)N(CC=C)C(O)N(CC(O)Cn2c(=O)n(CC(O)Cn3c(=O)n(CC=C)c(=O)n(CC=C)c3=O)c(=O)n(CC(O)Cn3c(=O)n(CC=C)c(=O)n(CC=C)c3=O)c2=O)C1=O. The molecule has 66 heavy (non-hydrogen) atoms. The molecular weight excluding hydrogens is 876 g/mol. The van der Waals surface area contributed by atoms with Gasteiger partial charge in [-0.05, 0) is 0 Å². The van der Waals surface area contributed by atoms with Gasteiger partial charge >= 0.3 is 63.3 Å². The summed E-state index contributed by atoms with van der Waals surface area (Å²) in [5, 5.41) is 44.8. The van der Waals surface area contributed by atoms with Crippen LogP contribution in [-0.4, -0.2) is 133 Å². The Morgan fingerprint density at radius 2 is 0.576 bits per heavy atom. The number of carbonyl (C=O) groups is 2. The largest absolute Gasteiger partial charge is 0.389 e. The fraction of sp³-hybridized carbons (Fsp3) is 0.410. The van der Waals surface area contributed by atoms with Gasteiger partial charge in [-0.3, -0.25) is 9.80 Å². The van der Waals surface area contributed by atoms with Gasteiger partial charge in [-0.15, -0.1) is 39.5 Å². The van der Waals surface area contributed by atoms with E-state index >= 15 is 0 Å². The lowest BCUT2D eigenvalue weighted by Crippen LogP contribution is -2.67. The minimum absolute atomic E-state index is 0.239. The summed E-state index contributed by atoms with van der Waals surface area (Å²) in [6.45, 7) is 12.7. The molecule has 0 saturated carbocycles. The van der Waals surface area contributed by atoms with Gasteiger partial charge in [-0.25, -0.2) is 98.7 Å². The summed E-state index contributed by atoms with van der Waals surface area (Å²) >= 11 is 0. The molecule has 1 aliphatic heterocycles. The number of hydrogen-bond acceptors (Lipinski definition) is 15. The first-order valence-electron chi connectivity index (χ1n) is 19.9. The van der Waals surface area contributed by atoms with Gasteiger partial charge in [0.15, 0.2) is 0 Å². The average molecular weight is 927 g/mol. The lowest BCUT2D eigenvalue weighted by atomic mass is 10.3. The predicted molar refractivity (Wildman–Crippen MR) is 234 cm³/mol. The highest BCUT2D eigenvalue weighted by atomic mass is 16.3. The third-order valence-corrected chi connectivity index (χ3v) is 9.93. The second-order valence-corrected chi connectivity index (χ2v) is 14.6. The zero-order valence-corrected chi connectivity index (χ0v) is 35.6. The van der Waals surface area contributed by atoms with E-state index in [4.69, 9.17) is 0 Å². The second-order valence-electron chi connectivity index (χ2n) is 14.6. The number of carbonyl (C=O) groups excluding carboxylic acids is 2. The fourth-order valence-corrected chi connectivity index (χ4v) is 6.95. The molecule has 4 unspecified atom stereocenters. The molecule has 1 aliphatic rings. The molecule has 4 N–H and O–H groups in total. The maximum absolute atomic E-state index is 14.1. The molecule has 0 bridgehead atoms. The Bertz CT molecular complexity index is 2740. The molecule has 4 atom stereocenters. The van der Waals surface area contributed by atoms with E-state index < -0.39 is 127 Å². The van der Waals surface area contributed by atoms with Crippen molar-refractivity contribution in [3.8, 4) is 0 Å². The molecule has 3 aromatic heterocycles. The van der Waals surface area contributed by atoms with Gasteiger partial charge in [0.25, 0.3) is 0 Å². The number of imide groups is 1. The van der Waals surface area contributed by atoms with E-state index in [2.05, 4.69) is 39.5 Å². The number of β-amino-alcohol motifs (C(OH)–C–C–N with tert-alkyl or cyclic N) is 1. The summed E-state index contributed by atoms with van der Waals surface area (Å²) in [6, 6.07) is -2.06. The first kappa shape index (κ1) is 50.9. The van der Waals surface area contributed by atoms with Crippen LogP contribution in [0.5, 0.6) is 0 Å². The van der Waals surface area contributed by atoms with Crippen LogP contribution in [0.3, 0.4) is 0 Å². The predicted octanol–water partition coefficient (Wildman–Crippen LogP) is -5.82. The number of allylic oxidation sites excluding steroid dienone is 4. The maximum atomic E-state index is 14.1. The van der Waals surface area contributed by atoms with E-state index in [1.807, 2.05) is 0 Å².